The second kappa shape index (κ2) is 10.1. The molecule has 5 rings (SSSR count). The van der Waals surface area contributed by atoms with Gasteiger partial charge in [0.2, 0.25) is 15.9 Å². The molecule has 3 aromatic carbocycles. The average Bonchev–Trinajstić information content (AvgIpc) is 3.24. The smallest absolute Gasteiger partial charge is 0.323 e. The van der Waals surface area contributed by atoms with Crippen molar-refractivity contribution in [2.75, 3.05) is 17.6 Å². The molecule has 38 heavy (non-hydrogen) atoms. The highest BCUT2D eigenvalue weighted by atomic mass is 32.2. The van der Waals surface area contributed by atoms with Gasteiger partial charge in [-0.15, -0.1) is 0 Å². The van der Waals surface area contributed by atoms with E-state index < -0.39 is 26.8 Å². The Morgan fingerprint density at radius 3 is 2.55 bits per heavy atom. The number of hydrogen-bond donors (Lipinski definition) is 2. The Hall–Kier alpha value is -3.34. The summed E-state index contributed by atoms with van der Waals surface area (Å²) in [6, 6.07) is 18.4. The number of hydrogen-bond acceptors (Lipinski definition) is 6. The number of fused-ring (bicyclic) bond motifs is 3. The van der Waals surface area contributed by atoms with E-state index in [9.17, 15) is 23.1 Å². The second-order valence-electron chi connectivity index (χ2n) is 9.81. The molecule has 1 amide bonds. The number of nitrogens with zero attached hydrogens (tertiary/aromatic N) is 1. The third kappa shape index (κ3) is 5.03. The van der Waals surface area contributed by atoms with E-state index in [2.05, 4.69) is 5.32 Å². The molecule has 1 aliphatic rings. The fourth-order valence-electron chi connectivity index (χ4n) is 4.89. The number of sulfonamides is 1. The Morgan fingerprint density at radius 1 is 1.05 bits per heavy atom. The van der Waals surface area contributed by atoms with Gasteiger partial charge >= 0.3 is 5.97 Å². The summed E-state index contributed by atoms with van der Waals surface area (Å²) < 4.78 is 33.5. The van der Waals surface area contributed by atoms with E-state index in [-0.39, 0.29) is 17.3 Å². The van der Waals surface area contributed by atoms with E-state index in [1.165, 1.54) is 23.9 Å². The van der Waals surface area contributed by atoms with E-state index in [0.717, 1.165) is 9.87 Å². The first-order valence-corrected chi connectivity index (χ1v) is 14.7. The van der Waals surface area contributed by atoms with Gasteiger partial charge in [0.1, 0.15) is 17.2 Å². The molecule has 10 heteroatoms. The maximum absolute atomic E-state index is 13.6. The van der Waals surface area contributed by atoms with E-state index >= 15 is 0 Å². The highest BCUT2D eigenvalue weighted by molar-refractivity contribution is 8.00. The van der Waals surface area contributed by atoms with Crippen LogP contribution >= 0.6 is 11.8 Å². The summed E-state index contributed by atoms with van der Waals surface area (Å²) in [5, 5.41) is 14.0. The molecule has 8 nitrogen and oxygen atoms in total. The number of anilines is 1. The lowest BCUT2D eigenvalue weighted by Gasteiger charge is -2.42. The molecular formula is C28H28N2O6S2. The molecule has 0 spiro atoms. The van der Waals surface area contributed by atoms with Gasteiger partial charge in [-0.2, -0.15) is 16.1 Å². The molecule has 1 fully saturated rings. The first-order chi connectivity index (χ1) is 18.1. The quantitative estimate of drug-likeness (QED) is 0.327. The standard InChI is InChI=1S/C28H28N2O6S2/c1-28(2)26(27(32)33)30(14-15-37-28)38(34,35)20-10-12-23-22(17-20)21-11-9-19(16-24(21)36-23)29-25(31)13-8-18-6-4-3-5-7-18/h3-7,9-12,16-17,26H,8,13-15H2,1-2H3,(H,29,31)(H,32,33)/t26-/m0/s1. The van der Waals surface area contributed by atoms with Crippen LogP contribution in [0.4, 0.5) is 5.69 Å². The molecule has 1 aliphatic heterocycles. The maximum Gasteiger partial charge on any atom is 0.323 e. The van der Waals surface area contributed by atoms with Crippen molar-refractivity contribution >= 4 is 61.3 Å². The van der Waals surface area contributed by atoms with Gasteiger partial charge in [-0.05, 0) is 56.2 Å². The molecule has 0 unspecified atom stereocenters. The second-order valence-corrected chi connectivity index (χ2v) is 13.5. The fraction of sp³-hybridized carbons (Fsp3) is 0.286. The minimum absolute atomic E-state index is 0.0138. The summed E-state index contributed by atoms with van der Waals surface area (Å²) in [5.74, 6) is -0.778. The lowest BCUT2D eigenvalue weighted by atomic mass is 10.0. The number of carbonyl (C=O) groups is 2. The largest absolute Gasteiger partial charge is 0.480 e. The Labute approximate surface area is 225 Å². The molecule has 0 bridgehead atoms. The zero-order valence-electron chi connectivity index (χ0n) is 21.0. The normalized spacial score (nSPS) is 18.0. The van der Waals surface area contributed by atoms with Gasteiger partial charge < -0.3 is 14.8 Å². The van der Waals surface area contributed by atoms with Crippen LogP contribution in [0.25, 0.3) is 21.9 Å². The number of amides is 1. The molecule has 0 aliphatic carbocycles. The average molecular weight is 553 g/mol. The van der Waals surface area contributed by atoms with Crippen molar-refractivity contribution in [2.45, 2.75) is 42.4 Å². The Morgan fingerprint density at radius 2 is 1.82 bits per heavy atom. The molecule has 1 atom stereocenters. The molecule has 2 N–H and O–H groups in total. The summed E-state index contributed by atoms with van der Waals surface area (Å²) in [4.78, 5) is 24.5. The van der Waals surface area contributed by atoms with Crippen LogP contribution in [0.15, 0.2) is 76.0 Å². The van der Waals surface area contributed by atoms with Crippen molar-refractivity contribution in [2.24, 2.45) is 0 Å². The van der Waals surface area contributed by atoms with E-state index in [1.807, 2.05) is 30.3 Å². The molecular weight excluding hydrogens is 524 g/mol. The zero-order valence-corrected chi connectivity index (χ0v) is 22.6. The first-order valence-electron chi connectivity index (χ1n) is 12.2. The number of carboxylic acids is 1. The van der Waals surface area contributed by atoms with Gasteiger partial charge in [0.25, 0.3) is 0 Å². The first kappa shape index (κ1) is 26.3. The van der Waals surface area contributed by atoms with E-state index in [1.54, 1.807) is 38.1 Å². The maximum atomic E-state index is 13.6. The third-order valence-corrected chi connectivity index (χ3v) is 10.00. The number of aliphatic carboxylic acids is 1. The molecule has 4 aromatic rings. The number of thioether (sulfide) groups is 1. The number of nitrogens with one attached hydrogen (secondary N) is 1. The summed E-state index contributed by atoms with van der Waals surface area (Å²) in [5.41, 5.74) is 2.67. The number of furan rings is 1. The van der Waals surface area contributed by atoms with Crippen LogP contribution in [-0.4, -0.2) is 52.8 Å². The number of benzene rings is 3. The van der Waals surface area contributed by atoms with Gasteiger partial charge in [-0.1, -0.05) is 30.3 Å². The van der Waals surface area contributed by atoms with E-state index in [4.69, 9.17) is 4.42 Å². The predicted octanol–water partition coefficient (Wildman–Crippen LogP) is 5.13. The lowest BCUT2D eigenvalue weighted by Crippen LogP contribution is -2.58. The predicted molar refractivity (Wildman–Crippen MR) is 149 cm³/mol. The van der Waals surface area contributed by atoms with E-state index in [0.29, 0.717) is 46.2 Å². The van der Waals surface area contributed by atoms with Crippen LogP contribution in [0, 0.1) is 0 Å². The summed E-state index contributed by atoms with van der Waals surface area (Å²) in [7, 11) is -4.08. The van der Waals surface area contributed by atoms with Crippen molar-refractivity contribution in [3.05, 3.63) is 72.3 Å². The third-order valence-electron chi connectivity index (χ3n) is 6.78. The van der Waals surface area contributed by atoms with Crippen molar-refractivity contribution < 1.29 is 27.5 Å². The fourth-order valence-corrected chi connectivity index (χ4v) is 8.01. The van der Waals surface area contributed by atoms with Crippen LogP contribution in [0.1, 0.15) is 25.8 Å². The van der Waals surface area contributed by atoms with Gasteiger partial charge in [0, 0.05) is 46.0 Å². The molecule has 1 saturated heterocycles. The van der Waals surface area contributed by atoms with Crippen molar-refractivity contribution in [3.63, 3.8) is 0 Å². The Bertz CT molecular complexity index is 1630. The summed E-state index contributed by atoms with van der Waals surface area (Å²) >= 11 is 1.45. The molecule has 198 valence electrons. The Balaban J connectivity index is 1.41. The van der Waals surface area contributed by atoms with Crippen molar-refractivity contribution in [1.82, 2.24) is 4.31 Å². The van der Waals surface area contributed by atoms with Crippen LogP contribution in [0.3, 0.4) is 0 Å². The molecule has 0 saturated carbocycles. The Kier molecular flexibility index (Phi) is 6.97. The minimum atomic E-state index is -4.08. The van der Waals surface area contributed by atoms with Crippen molar-refractivity contribution in [3.8, 4) is 0 Å². The highest BCUT2D eigenvalue weighted by Crippen LogP contribution is 2.39. The number of aryl methyl sites for hydroxylation is 1. The SMILES string of the molecule is CC1(C)SCCN(S(=O)(=O)c2ccc3oc4cc(NC(=O)CCc5ccccc5)ccc4c3c2)[C@H]1C(=O)O. The summed E-state index contributed by atoms with van der Waals surface area (Å²) in [6.45, 7) is 3.62. The topological polar surface area (TPSA) is 117 Å². The van der Waals surface area contributed by atoms with Crippen LogP contribution in [-0.2, 0) is 26.0 Å². The van der Waals surface area contributed by atoms with Gasteiger partial charge in [0.15, 0.2) is 0 Å². The number of rotatable bonds is 7. The monoisotopic (exact) mass is 552 g/mol. The number of carboxylic acid groups (broad SMARTS) is 1. The van der Waals surface area contributed by atoms with Crippen LogP contribution < -0.4 is 5.32 Å². The van der Waals surface area contributed by atoms with Crippen LogP contribution in [0.5, 0.6) is 0 Å². The molecule has 0 radical (unpaired) electrons. The van der Waals surface area contributed by atoms with Crippen LogP contribution in [0.2, 0.25) is 0 Å². The van der Waals surface area contributed by atoms with Crippen molar-refractivity contribution in [1.29, 1.82) is 0 Å². The van der Waals surface area contributed by atoms with Gasteiger partial charge in [-0.3, -0.25) is 9.59 Å². The molecule has 2 heterocycles. The van der Waals surface area contributed by atoms with Gasteiger partial charge in [-0.25, -0.2) is 8.42 Å². The molecule has 1 aromatic heterocycles. The highest BCUT2D eigenvalue weighted by Gasteiger charge is 2.48. The number of carbonyl (C=O) groups excluding carboxylic acids is 1. The lowest BCUT2D eigenvalue weighted by molar-refractivity contribution is -0.142. The summed E-state index contributed by atoms with van der Waals surface area (Å²) in [6.07, 6.45) is 0.971. The zero-order chi connectivity index (χ0) is 27.1. The van der Waals surface area contributed by atoms with Gasteiger partial charge in [0.05, 0.1) is 4.90 Å². The minimum Gasteiger partial charge on any atom is -0.480 e.